The molecule has 1 aromatic heterocycles. The van der Waals surface area contributed by atoms with Gasteiger partial charge in [-0.2, -0.15) is 0 Å². The SMILES string of the molecule is CC1(C(=O)NCc2csc(N)n2)CC1. The van der Waals surface area contributed by atoms with Crippen LogP contribution in [0.5, 0.6) is 0 Å². The van der Waals surface area contributed by atoms with Gasteiger partial charge in [-0.05, 0) is 12.8 Å². The zero-order valence-electron chi connectivity index (χ0n) is 8.04. The fourth-order valence-corrected chi connectivity index (χ4v) is 1.77. The quantitative estimate of drug-likeness (QED) is 0.787. The smallest absolute Gasteiger partial charge is 0.226 e. The number of carbonyl (C=O) groups excluding carboxylic acids is 1. The molecule has 14 heavy (non-hydrogen) atoms. The van der Waals surface area contributed by atoms with E-state index in [1.165, 1.54) is 11.3 Å². The van der Waals surface area contributed by atoms with Crippen molar-refractivity contribution in [2.45, 2.75) is 26.3 Å². The summed E-state index contributed by atoms with van der Waals surface area (Å²) in [6, 6.07) is 0. The Bertz CT molecular complexity index is 357. The molecule has 1 aromatic rings. The van der Waals surface area contributed by atoms with Crippen molar-refractivity contribution in [2.75, 3.05) is 5.73 Å². The second-order valence-electron chi connectivity index (χ2n) is 3.92. The Hall–Kier alpha value is -1.10. The molecule has 0 saturated heterocycles. The lowest BCUT2D eigenvalue weighted by molar-refractivity contribution is -0.125. The number of nitrogens with two attached hydrogens (primary N) is 1. The third-order valence-electron chi connectivity index (χ3n) is 2.55. The fraction of sp³-hybridized carbons (Fsp3) is 0.556. The van der Waals surface area contributed by atoms with Crippen LogP contribution in [0.2, 0.25) is 0 Å². The summed E-state index contributed by atoms with van der Waals surface area (Å²) in [5, 5.41) is 5.28. The van der Waals surface area contributed by atoms with Gasteiger partial charge in [0.2, 0.25) is 5.91 Å². The average molecular weight is 211 g/mol. The number of amides is 1. The molecule has 0 aromatic carbocycles. The molecule has 1 saturated carbocycles. The average Bonchev–Trinajstić information content (AvgIpc) is 2.76. The largest absolute Gasteiger partial charge is 0.375 e. The van der Waals surface area contributed by atoms with E-state index in [-0.39, 0.29) is 11.3 Å². The van der Waals surface area contributed by atoms with Crippen molar-refractivity contribution in [1.29, 1.82) is 0 Å². The first-order chi connectivity index (χ1) is 6.60. The summed E-state index contributed by atoms with van der Waals surface area (Å²) in [6.07, 6.45) is 2.00. The summed E-state index contributed by atoms with van der Waals surface area (Å²) in [5.74, 6) is 0.129. The van der Waals surface area contributed by atoms with Gasteiger partial charge < -0.3 is 11.1 Å². The molecule has 3 N–H and O–H groups in total. The van der Waals surface area contributed by atoms with E-state index in [2.05, 4.69) is 10.3 Å². The van der Waals surface area contributed by atoms with Crippen molar-refractivity contribution in [3.63, 3.8) is 0 Å². The number of anilines is 1. The van der Waals surface area contributed by atoms with Gasteiger partial charge in [0, 0.05) is 10.8 Å². The fourth-order valence-electron chi connectivity index (χ4n) is 1.20. The van der Waals surface area contributed by atoms with E-state index in [1.54, 1.807) is 0 Å². The van der Waals surface area contributed by atoms with E-state index in [4.69, 9.17) is 5.73 Å². The predicted octanol–water partition coefficient (Wildman–Crippen LogP) is 1.14. The number of hydrogen-bond donors (Lipinski definition) is 2. The number of nitrogen functional groups attached to an aromatic ring is 1. The van der Waals surface area contributed by atoms with Crippen molar-refractivity contribution in [2.24, 2.45) is 5.41 Å². The molecule has 0 atom stereocenters. The summed E-state index contributed by atoms with van der Waals surface area (Å²) < 4.78 is 0. The Morgan fingerprint density at radius 3 is 3.00 bits per heavy atom. The van der Waals surface area contributed by atoms with Gasteiger partial charge in [0.15, 0.2) is 5.13 Å². The molecule has 2 rings (SSSR count). The molecule has 1 aliphatic rings. The van der Waals surface area contributed by atoms with Gasteiger partial charge in [0.25, 0.3) is 0 Å². The van der Waals surface area contributed by atoms with Crippen LogP contribution in [0, 0.1) is 5.41 Å². The molecule has 0 aliphatic heterocycles. The van der Waals surface area contributed by atoms with Crippen molar-refractivity contribution in [3.8, 4) is 0 Å². The number of aromatic nitrogens is 1. The minimum Gasteiger partial charge on any atom is -0.375 e. The summed E-state index contributed by atoms with van der Waals surface area (Å²) in [7, 11) is 0. The molecule has 1 fully saturated rings. The zero-order chi connectivity index (χ0) is 10.2. The van der Waals surface area contributed by atoms with Crippen LogP contribution in [-0.4, -0.2) is 10.9 Å². The van der Waals surface area contributed by atoms with Crippen LogP contribution >= 0.6 is 11.3 Å². The standard InChI is InChI=1S/C9H13N3OS/c1-9(2-3-9)7(13)11-4-6-5-14-8(10)12-6/h5H,2-4H2,1H3,(H2,10,12)(H,11,13). The van der Waals surface area contributed by atoms with Crippen LogP contribution in [0.15, 0.2) is 5.38 Å². The molecule has 0 radical (unpaired) electrons. The molecule has 0 unspecified atom stereocenters. The maximum atomic E-state index is 11.5. The number of rotatable bonds is 3. The van der Waals surface area contributed by atoms with E-state index < -0.39 is 0 Å². The van der Waals surface area contributed by atoms with E-state index in [1.807, 2.05) is 12.3 Å². The minimum absolute atomic E-state index is 0.110. The predicted molar refractivity (Wildman–Crippen MR) is 55.7 cm³/mol. The topological polar surface area (TPSA) is 68.0 Å². The molecular weight excluding hydrogens is 198 g/mol. The maximum absolute atomic E-state index is 11.5. The summed E-state index contributed by atoms with van der Waals surface area (Å²) in [5.41, 5.74) is 6.21. The Balaban J connectivity index is 1.85. The molecule has 0 bridgehead atoms. The summed E-state index contributed by atoms with van der Waals surface area (Å²) >= 11 is 1.39. The van der Waals surface area contributed by atoms with E-state index in [0.717, 1.165) is 18.5 Å². The molecule has 4 nitrogen and oxygen atoms in total. The van der Waals surface area contributed by atoms with E-state index in [0.29, 0.717) is 11.7 Å². The van der Waals surface area contributed by atoms with Crippen LogP contribution < -0.4 is 11.1 Å². The molecule has 76 valence electrons. The molecular formula is C9H13N3OS. The highest BCUT2D eigenvalue weighted by Gasteiger charge is 2.44. The highest BCUT2D eigenvalue weighted by molar-refractivity contribution is 7.13. The number of hydrogen-bond acceptors (Lipinski definition) is 4. The van der Waals surface area contributed by atoms with Crippen LogP contribution in [0.1, 0.15) is 25.5 Å². The van der Waals surface area contributed by atoms with Crippen molar-refractivity contribution in [3.05, 3.63) is 11.1 Å². The zero-order valence-corrected chi connectivity index (χ0v) is 8.86. The van der Waals surface area contributed by atoms with Crippen molar-refractivity contribution in [1.82, 2.24) is 10.3 Å². The first-order valence-electron chi connectivity index (χ1n) is 4.58. The van der Waals surface area contributed by atoms with Gasteiger partial charge in [0.05, 0.1) is 12.2 Å². The van der Waals surface area contributed by atoms with Gasteiger partial charge in [-0.25, -0.2) is 4.98 Å². The van der Waals surface area contributed by atoms with Gasteiger partial charge >= 0.3 is 0 Å². The van der Waals surface area contributed by atoms with Crippen molar-refractivity contribution < 1.29 is 4.79 Å². The lowest BCUT2D eigenvalue weighted by Gasteiger charge is -2.07. The Morgan fingerprint density at radius 2 is 2.50 bits per heavy atom. The Kier molecular flexibility index (Phi) is 2.19. The number of nitrogens with one attached hydrogen (secondary N) is 1. The third kappa shape index (κ3) is 1.87. The lowest BCUT2D eigenvalue weighted by atomic mass is 10.1. The Labute approximate surface area is 86.5 Å². The number of carbonyl (C=O) groups is 1. The van der Waals surface area contributed by atoms with Crippen molar-refractivity contribution >= 4 is 22.4 Å². The maximum Gasteiger partial charge on any atom is 0.226 e. The van der Waals surface area contributed by atoms with Crippen LogP contribution in [-0.2, 0) is 11.3 Å². The summed E-state index contributed by atoms with van der Waals surface area (Å²) in [4.78, 5) is 15.6. The second-order valence-corrected chi connectivity index (χ2v) is 4.81. The number of thiazole rings is 1. The molecule has 1 aliphatic carbocycles. The Morgan fingerprint density at radius 1 is 1.79 bits per heavy atom. The molecule has 0 spiro atoms. The molecule has 1 amide bonds. The molecule has 5 heteroatoms. The normalized spacial score (nSPS) is 17.8. The van der Waals surface area contributed by atoms with E-state index >= 15 is 0 Å². The highest BCUT2D eigenvalue weighted by Crippen LogP contribution is 2.44. The monoisotopic (exact) mass is 211 g/mol. The third-order valence-corrected chi connectivity index (χ3v) is 3.27. The van der Waals surface area contributed by atoms with Gasteiger partial charge in [-0.1, -0.05) is 6.92 Å². The first-order valence-corrected chi connectivity index (χ1v) is 5.46. The summed E-state index contributed by atoms with van der Waals surface area (Å²) in [6.45, 7) is 2.47. The van der Waals surface area contributed by atoms with Crippen LogP contribution in [0.4, 0.5) is 5.13 Å². The van der Waals surface area contributed by atoms with Gasteiger partial charge in [0.1, 0.15) is 0 Å². The van der Waals surface area contributed by atoms with Gasteiger partial charge in [-0.3, -0.25) is 4.79 Å². The van der Waals surface area contributed by atoms with Crippen LogP contribution in [0.3, 0.4) is 0 Å². The second kappa shape index (κ2) is 3.24. The van der Waals surface area contributed by atoms with E-state index in [9.17, 15) is 4.79 Å². The van der Waals surface area contributed by atoms with Gasteiger partial charge in [-0.15, -0.1) is 11.3 Å². The first kappa shape index (κ1) is 9.45. The lowest BCUT2D eigenvalue weighted by Crippen LogP contribution is -2.29. The number of nitrogens with zero attached hydrogens (tertiary/aromatic N) is 1. The van der Waals surface area contributed by atoms with Crippen LogP contribution in [0.25, 0.3) is 0 Å². The highest BCUT2D eigenvalue weighted by atomic mass is 32.1. The minimum atomic E-state index is -0.110. The molecule has 1 heterocycles.